The Kier molecular flexibility index (Phi) is 9.36. The molecule has 2 aliphatic carbocycles. The number of anilines is 2. The van der Waals surface area contributed by atoms with Crippen LogP contribution in [-0.2, 0) is 6.42 Å². The Hall–Kier alpha value is -2.13. The normalized spacial score (nSPS) is 22.7. The smallest absolute Gasteiger partial charge is 0.227 e. The average Bonchev–Trinajstić information content (AvgIpc) is 3.46. The summed E-state index contributed by atoms with van der Waals surface area (Å²) in [5.74, 6) is 1.28. The Labute approximate surface area is 213 Å². The van der Waals surface area contributed by atoms with E-state index >= 15 is 0 Å². The highest BCUT2D eigenvalue weighted by Crippen LogP contribution is 2.33. The molecule has 0 bridgehead atoms. The second kappa shape index (κ2) is 12.0. The van der Waals surface area contributed by atoms with Gasteiger partial charge in [0.25, 0.3) is 0 Å². The SMILES string of the molecule is Cl.Cl.NC1CCC(Nc2nc(NCCc3ccccc3)c3ncn(C4CCCC4)c3n2)C(O)C1. The third kappa shape index (κ3) is 5.92. The maximum absolute atomic E-state index is 10.5. The van der Waals surface area contributed by atoms with Gasteiger partial charge in [-0.05, 0) is 44.1 Å². The van der Waals surface area contributed by atoms with E-state index in [1.54, 1.807) is 0 Å². The number of benzene rings is 1. The van der Waals surface area contributed by atoms with E-state index in [1.165, 1.54) is 18.4 Å². The van der Waals surface area contributed by atoms with Gasteiger partial charge >= 0.3 is 0 Å². The molecule has 2 heterocycles. The van der Waals surface area contributed by atoms with E-state index in [4.69, 9.17) is 15.7 Å². The van der Waals surface area contributed by atoms with Gasteiger partial charge in [0.1, 0.15) is 0 Å². The van der Waals surface area contributed by atoms with E-state index in [0.29, 0.717) is 18.4 Å². The van der Waals surface area contributed by atoms with Crippen molar-refractivity contribution in [1.29, 1.82) is 0 Å². The van der Waals surface area contributed by atoms with Crippen molar-refractivity contribution in [1.82, 2.24) is 19.5 Å². The monoisotopic (exact) mass is 507 g/mol. The van der Waals surface area contributed by atoms with Gasteiger partial charge in [0.2, 0.25) is 5.95 Å². The lowest BCUT2D eigenvalue weighted by Crippen LogP contribution is -2.44. The highest BCUT2D eigenvalue weighted by Gasteiger charge is 2.28. The third-order valence-corrected chi connectivity index (χ3v) is 6.86. The van der Waals surface area contributed by atoms with E-state index in [0.717, 1.165) is 55.6 Å². The molecule has 1 aromatic carbocycles. The van der Waals surface area contributed by atoms with Crippen molar-refractivity contribution in [2.24, 2.45) is 5.73 Å². The summed E-state index contributed by atoms with van der Waals surface area (Å²) in [6, 6.07) is 10.8. The number of hydrogen-bond acceptors (Lipinski definition) is 7. The first-order valence-electron chi connectivity index (χ1n) is 11.9. The van der Waals surface area contributed by atoms with E-state index in [9.17, 15) is 5.11 Å². The van der Waals surface area contributed by atoms with E-state index < -0.39 is 6.10 Å². The van der Waals surface area contributed by atoms with Gasteiger partial charge in [-0.2, -0.15) is 9.97 Å². The molecule has 2 fully saturated rings. The molecule has 34 heavy (non-hydrogen) atoms. The van der Waals surface area contributed by atoms with Gasteiger partial charge in [0.05, 0.1) is 18.5 Å². The molecule has 0 aliphatic heterocycles. The fourth-order valence-corrected chi connectivity index (χ4v) is 5.04. The van der Waals surface area contributed by atoms with Crippen LogP contribution in [-0.4, -0.2) is 49.4 Å². The first-order chi connectivity index (χ1) is 15.7. The molecule has 3 aromatic rings. The minimum Gasteiger partial charge on any atom is -0.391 e. The topological polar surface area (TPSA) is 114 Å². The number of aromatic nitrogens is 4. The molecule has 0 spiro atoms. The molecule has 186 valence electrons. The molecular formula is C24H35Cl2N7O. The molecule has 2 aliphatic rings. The maximum atomic E-state index is 10.5. The van der Waals surface area contributed by atoms with Gasteiger partial charge in [-0.3, -0.25) is 0 Å². The summed E-state index contributed by atoms with van der Waals surface area (Å²) in [6.45, 7) is 0.757. The molecular weight excluding hydrogens is 473 g/mol. The number of nitrogens with zero attached hydrogens (tertiary/aromatic N) is 4. The molecule has 2 saturated carbocycles. The second-order valence-electron chi connectivity index (χ2n) is 9.21. The van der Waals surface area contributed by atoms with Crippen LogP contribution in [0.5, 0.6) is 0 Å². The quantitative estimate of drug-likeness (QED) is 0.380. The molecule has 3 unspecified atom stereocenters. The van der Waals surface area contributed by atoms with Crippen LogP contribution in [0.4, 0.5) is 11.8 Å². The van der Waals surface area contributed by atoms with Crippen molar-refractivity contribution in [3.8, 4) is 0 Å². The number of rotatable bonds is 7. The minimum atomic E-state index is -0.493. The largest absolute Gasteiger partial charge is 0.391 e. The average molecular weight is 508 g/mol. The lowest BCUT2D eigenvalue weighted by Gasteiger charge is -2.31. The number of nitrogens with two attached hydrogens (primary N) is 1. The summed E-state index contributed by atoms with van der Waals surface area (Å²) in [7, 11) is 0. The first kappa shape index (κ1) is 26.5. The van der Waals surface area contributed by atoms with Crippen molar-refractivity contribution in [2.45, 2.75) is 75.6 Å². The van der Waals surface area contributed by atoms with E-state index in [2.05, 4.69) is 44.5 Å². The summed E-state index contributed by atoms with van der Waals surface area (Å²) in [4.78, 5) is 14.3. The van der Waals surface area contributed by atoms with Crippen LogP contribution >= 0.6 is 24.8 Å². The number of hydrogen-bond donors (Lipinski definition) is 4. The summed E-state index contributed by atoms with van der Waals surface area (Å²) >= 11 is 0. The van der Waals surface area contributed by atoms with Crippen molar-refractivity contribution >= 4 is 47.7 Å². The molecule has 3 atom stereocenters. The number of aliphatic hydroxyl groups is 1. The van der Waals surface area contributed by atoms with Gasteiger partial charge < -0.3 is 26.0 Å². The second-order valence-corrected chi connectivity index (χ2v) is 9.21. The number of aliphatic hydroxyl groups excluding tert-OH is 1. The third-order valence-electron chi connectivity index (χ3n) is 6.86. The summed E-state index contributed by atoms with van der Waals surface area (Å²) in [5.41, 5.74) is 8.96. The molecule has 5 rings (SSSR count). The summed E-state index contributed by atoms with van der Waals surface area (Å²) in [6.07, 6.45) is 9.43. The molecule has 2 aromatic heterocycles. The first-order valence-corrected chi connectivity index (χ1v) is 11.9. The Morgan fingerprint density at radius 2 is 1.79 bits per heavy atom. The standard InChI is InChI=1S/C24H33N7O.2ClH/c25-17-10-11-19(20(32)14-17)28-24-29-22(26-13-12-16-6-2-1-3-7-16)21-23(30-24)31(15-27-21)18-8-4-5-9-18;;/h1-3,6-7,15,17-20,32H,4-5,8-14,25H2,(H2,26,28,29,30);2*1H. The van der Waals surface area contributed by atoms with E-state index in [-0.39, 0.29) is 36.9 Å². The van der Waals surface area contributed by atoms with Gasteiger partial charge in [-0.1, -0.05) is 43.2 Å². The fourth-order valence-electron chi connectivity index (χ4n) is 5.04. The number of fused-ring (bicyclic) bond motifs is 1. The Bertz CT molecular complexity index is 1040. The molecule has 0 radical (unpaired) electrons. The fraction of sp³-hybridized carbons (Fsp3) is 0.542. The van der Waals surface area contributed by atoms with Gasteiger partial charge in [-0.25, -0.2) is 4.98 Å². The van der Waals surface area contributed by atoms with Crippen LogP contribution in [0.15, 0.2) is 36.7 Å². The van der Waals surface area contributed by atoms with Crippen molar-refractivity contribution in [3.05, 3.63) is 42.2 Å². The zero-order valence-electron chi connectivity index (χ0n) is 19.3. The number of nitrogens with one attached hydrogen (secondary N) is 2. The number of imidazole rings is 1. The molecule has 10 heteroatoms. The highest BCUT2D eigenvalue weighted by atomic mass is 35.5. The summed E-state index contributed by atoms with van der Waals surface area (Å²) < 4.78 is 2.21. The molecule has 8 nitrogen and oxygen atoms in total. The van der Waals surface area contributed by atoms with Crippen LogP contribution < -0.4 is 16.4 Å². The Morgan fingerprint density at radius 3 is 2.53 bits per heavy atom. The van der Waals surface area contributed by atoms with Crippen LogP contribution in [0.2, 0.25) is 0 Å². The zero-order valence-corrected chi connectivity index (χ0v) is 20.9. The highest BCUT2D eigenvalue weighted by molar-refractivity contribution is 5.86. The van der Waals surface area contributed by atoms with Crippen LogP contribution in [0.1, 0.15) is 56.6 Å². The Morgan fingerprint density at radius 1 is 1.03 bits per heavy atom. The number of halogens is 2. The van der Waals surface area contributed by atoms with Crippen molar-refractivity contribution in [2.75, 3.05) is 17.2 Å². The maximum Gasteiger partial charge on any atom is 0.227 e. The van der Waals surface area contributed by atoms with Crippen molar-refractivity contribution in [3.63, 3.8) is 0 Å². The van der Waals surface area contributed by atoms with Crippen LogP contribution in [0.3, 0.4) is 0 Å². The van der Waals surface area contributed by atoms with Gasteiger partial charge in [-0.15, -0.1) is 24.8 Å². The lowest BCUT2D eigenvalue weighted by atomic mass is 9.89. The molecule has 0 saturated heterocycles. The predicted octanol–water partition coefficient (Wildman–Crippen LogP) is 4.09. The van der Waals surface area contributed by atoms with E-state index in [1.807, 2.05) is 12.4 Å². The van der Waals surface area contributed by atoms with Crippen molar-refractivity contribution < 1.29 is 5.11 Å². The van der Waals surface area contributed by atoms with Gasteiger partial charge in [0.15, 0.2) is 17.0 Å². The lowest BCUT2D eigenvalue weighted by molar-refractivity contribution is 0.107. The predicted molar refractivity (Wildman–Crippen MR) is 141 cm³/mol. The molecule has 5 N–H and O–H groups in total. The Balaban J connectivity index is 0.00000162. The van der Waals surface area contributed by atoms with Crippen LogP contribution in [0, 0.1) is 0 Å². The van der Waals surface area contributed by atoms with Gasteiger partial charge in [0, 0.05) is 18.6 Å². The minimum absolute atomic E-state index is 0. The van der Waals surface area contributed by atoms with Crippen LogP contribution in [0.25, 0.3) is 11.2 Å². The summed E-state index contributed by atoms with van der Waals surface area (Å²) in [5, 5.41) is 17.4. The zero-order chi connectivity index (χ0) is 21.9. The molecule has 0 amide bonds.